The van der Waals surface area contributed by atoms with Gasteiger partial charge in [0.2, 0.25) is 5.91 Å². The number of furan rings is 1. The summed E-state index contributed by atoms with van der Waals surface area (Å²) in [4.78, 5) is 42.5. The van der Waals surface area contributed by atoms with Gasteiger partial charge in [-0.1, -0.05) is 30.5 Å². The van der Waals surface area contributed by atoms with E-state index in [1.807, 2.05) is 6.92 Å². The molecule has 0 spiro atoms. The van der Waals surface area contributed by atoms with Gasteiger partial charge in [0.25, 0.3) is 5.91 Å². The second-order valence-corrected chi connectivity index (χ2v) is 9.32. The Morgan fingerprint density at radius 3 is 2.79 bits per heavy atom. The predicted molar refractivity (Wildman–Crippen MR) is 121 cm³/mol. The molecule has 0 bridgehead atoms. The smallest absolute Gasteiger partial charge is 0.328 e. The summed E-state index contributed by atoms with van der Waals surface area (Å²) < 4.78 is 11.5. The molecule has 1 N–H and O–H groups in total. The number of halogens is 1. The largest absolute Gasteiger partial charge is 0.467 e. The molecule has 2 aromatic rings. The number of benzene rings is 1. The zero-order valence-electron chi connectivity index (χ0n) is 18.3. The fourth-order valence-corrected chi connectivity index (χ4v) is 5.45. The molecule has 4 amide bonds. The van der Waals surface area contributed by atoms with Crippen molar-refractivity contribution in [3.05, 3.63) is 52.9 Å². The lowest BCUT2D eigenvalue weighted by Crippen LogP contribution is -2.65. The van der Waals surface area contributed by atoms with Crippen molar-refractivity contribution in [2.24, 2.45) is 5.92 Å². The van der Waals surface area contributed by atoms with E-state index >= 15 is 0 Å². The Hall–Kier alpha value is -2.84. The van der Waals surface area contributed by atoms with Crippen LogP contribution in [-0.2, 0) is 20.9 Å². The maximum Gasteiger partial charge on any atom is 0.328 e. The highest BCUT2D eigenvalue weighted by atomic mass is 35.5. The fraction of sp³-hybridized carbons (Fsp3) is 0.458. The molecule has 3 aliphatic rings. The number of hydrogen-bond donors (Lipinski definition) is 1. The Bertz CT molecular complexity index is 1070. The van der Waals surface area contributed by atoms with Gasteiger partial charge < -0.3 is 19.4 Å². The molecule has 3 heterocycles. The van der Waals surface area contributed by atoms with Crippen LogP contribution in [0.4, 0.5) is 10.5 Å². The van der Waals surface area contributed by atoms with E-state index in [2.05, 4.69) is 5.32 Å². The summed E-state index contributed by atoms with van der Waals surface area (Å²) in [7, 11) is 0. The van der Waals surface area contributed by atoms with Crippen molar-refractivity contribution in [3.8, 4) is 0 Å². The van der Waals surface area contributed by atoms with Gasteiger partial charge in [0, 0.05) is 16.6 Å². The van der Waals surface area contributed by atoms with Crippen LogP contribution < -0.4 is 5.32 Å². The Balaban J connectivity index is 1.42. The topological polar surface area (TPSA) is 92.1 Å². The standard InChI is InChI=1S/C24H26ClN3O5/c1-14-17(25)8-4-9-18(14)26-20(29)13-27-21-16-7-2-3-10-19(16)33-22(21)23(30)28(24(27)31)12-15-6-5-11-32-15/h4-6,8-9,11,16,19,21-22H,2-3,7,10,12-13H2,1H3,(H,26,29). The number of urea groups is 1. The number of hydrogen-bond acceptors (Lipinski definition) is 5. The quantitative estimate of drug-likeness (QED) is 0.712. The lowest BCUT2D eigenvalue weighted by molar-refractivity contribution is -0.148. The number of fused-ring (bicyclic) bond motifs is 3. The number of carbonyl (C=O) groups excluding carboxylic acids is 3. The van der Waals surface area contributed by atoms with Crippen LogP contribution in [0.3, 0.4) is 0 Å². The minimum atomic E-state index is -0.772. The number of carbonyl (C=O) groups is 3. The molecule has 33 heavy (non-hydrogen) atoms. The van der Waals surface area contributed by atoms with Gasteiger partial charge >= 0.3 is 6.03 Å². The van der Waals surface area contributed by atoms with Gasteiger partial charge in [-0.15, -0.1) is 0 Å². The van der Waals surface area contributed by atoms with Crippen LogP contribution in [0, 0.1) is 12.8 Å². The second-order valence-electron chi connectivity index (χ2n) is 8.91. The van der Waals surface area contributed by atoms with Crippen molar-refractivity contribution >= 4 is 35.1 Å². The van der Waals surface area contributed by atoms with Crippen LogP contribution in [-0.4, -0.2) is 52.4 Å². The highest BCUT2D eigenvalue weighted by Crippen LogP contribution is 2.43. The van der Waals surface area contributed by atoms with Crippen molar-refractivity contribution in [3.63, 3.8) is 0 Å². The third-order valence-corrected chi connectivity index (χ3v) is 7.33. The average Bonchev–Trinajstić information content (AvgIpc) is 3.45. The van der Waals surface area contributed by atoms with Gasteiger partial charge in [0.15, 0.2) is 6.10 Å². The molecule has 1 saturated carbocycles. The summed E-state index contributed by atoms with van der Waals surface area (Å²) in [6.45, 7) is 1.64. The molecule has 8 nitrogen and oxygen atoms in total. The van der Waals surface area contributed by atoms with Crippen LogP contribution in [0.2, 0.25) is 5.02 Å². The van der Waals surface area contributed by atoms with E-state index in [0.717, 1.165) is 36.1 Å². The molecule has 3 fully saturated rings. The van der Waals surface area contributed by atoms with Gasteiger partial charge in [-0.05, 0) is 49.6 Å². The lowest BCUT2D eigenvalue weighted by Gasteiger charge is -2.42. The molecule has 1 aromatic carbocycles. The Labute approximate surface area is 196 Å². The predicted octanol–water partition coefficient (Wildman–Crippen LogP) is 3.97. The first-order valence-electron chi connectivity index (χ1n) is 11.3. The highest BCUT2D eigenvalue weighted by Gasteiger charge is 2.57. The summed E-state index contributed by atoms with van der Waals surface area (Å²) in [5.74, 6) is -0.176. The highest BCUT2D eigenvalue weighted by molar-refractivity contribution is 6.31. The minimum absolute atomic E-state index is 0.00188. The van der Waals surface area contributed by atoms with Gasteiger partial charge in [0.1, 0.15) is 12.3 Å². The number of nitrogens with one attached hydrogen (secondary N) is 1. The first-order chi connectivity index (χ1) is 15.9. The molecular weight excluding hydrogens is 446 g/mol. The summed E-state index contributed by atoms with van der Waals surface area (Å²) >= 11 is 6.18. The van der Waals surface area contributed by atoms with Crippen molar-refractivity contribution in [1.82, 2.24) is 9.80 Å². The molecule has 4 unspecified atom stereocenters. The Morgan fingerprint density at radius 2 is 2.00 bits per heavy atom. The summed E-state index contributed by atoms with van der Waals surface area (Å²) in [6, 6.07) is 7.75. The number of rotatable bonds is 5. The van der Waals surface area contributed by atoms with Crippen molar-refractivity contribution in [2.75, 3.05) is 11.9 Å². The Morgan fingerprint density at radius 1 is 1.18 bits per heavy atom. The normalized spacial score (nSPS) is 26.8. The third kappa shape index (κ3) is 4.02. The van der Waals surface area contributed by atoms with Crippen molar-refractivity contribution < 1.29 is 23.5 Å². The maximum atomic E-state index is 13.5. The van der Waals surface area contributed by atoms with Crippen molar-refractivity contribution in [2.45, 2.75) is 57.4 Å². The van der Waals surface area contributed by atoms with Crippen LogP contribution in [0.1, 0.15) is 37.0 Å². The van der Waals surface area contributed by atoms with E-state index < -0.39 is 18.2 Å². The fourth-order valence-electron chi connectivity index (χ4n) is 5.27. The lowest BCUT2D eigenvalue weighted by atomic mass is 9.81. The van der Waals surface area contributed by atoms with E-state index in [4.69, 9.17) is 20.8 Å². The first-order valence-corrected chi connectivity index (χ1v) is 11.7. The third-order valence-electron chi connectivity index (χ3n) is 6.92. The number of imide groups is 1. The van der Waals surface area contributed by atoms with Gasteiger partial charge in [0.05, 0.1) is 25.0 Å². The first kappa shape index (κ1) is 22.0. The molecule has 1 aromatic heterocycles. The van der Waals surface area contributed by atoms with E-state index in [-0.39, 0.29) is 36.9 Å². The molecule has 9 heteroatoms. The Kier molecular flexibility index (Phi) is 5.88. The monoisotopic (exact) mass is 471 g/mol. The number of ether oxygens (including phenoxy) is 1. The summed E-state index contributed by atoms with van der Waals surface area (Å²) in [5.41, 5.74) is 1.34. The summed E-state index contributed by atoms with van der Waals surface area (Å²) in [5, 5.41) is 3.41. The van der Waals surface area contributed by atoms with E-state index in [0.29, 0.717) is 16.5 Å². The van der Waals surface area contributed by atoms with E-state index in [9.17, 15) is 14.4 Å². The molecule has 1 aliphatic carbocycles. The maximum absolute atomic E-state index is 13.5. The van der Waals surface area contributed by atoms with E-state index in [1.54, 1.807) is 30.3 Å². The van der Waals surface area contributed by atoms with E-state index in [1.165, 1.54) is 11.2 Å². The van der Waals surface area contributed by atoms with Crippen LogP contribution in [0.15, 0.2) is 41.0 Å². The summed E-state index contributed by atoms with van der Waals surface area (Å²) in [6.07, 6.45) is 4.44. The molecule has 0 radical (unpaired) electrons. The minimum Gasteiger partial charge on any atom is -0.467 e. The number of anilines is 1. The van der Waals surface area contributed by atoms with Crippen LogP contribution >= 0.6 is 11.6 Å². The number of amides is 4. The molecule has 2 saturated heterocycles. The molecule has 5 rings (SSSR count). The van der Waals surface area contributed by atoms with Crippen molar-refractivity contribution in [1.29, 1.82) is 0 Å². The molecule has 174 valence electrons. The van der Waals surface area contributed by atoms with Crippen LogP contribution in [0.5, 0.6) is 0 Å². The number of nitrogens with zero attached hydrogens (tertiary/aromatic N) is 2. The van der Waals surface area contributed by atoms with Gasteiger partial charge in [-0.2, -0.15) is 0 Å². The molecule has 2 aliphatic heterocycles. The molecule has 4 atom stereocenters. The van der Waals surface area contributed by atoms with Gasteiger partial charge in [-0.25, -0.2) is 4.79 Å². The van der Waals surface area contributed by atoms with Gasteiger partial charge in [-0.3, -0.25) is 14.5 Å². The molecular formula is C24H26ClN3O5. The zero-order chi connectivity index (χ0) is 23.1. The van der Waals surface area contributed by atoms with Crippen LogP contribution in [0.25, 0.3) is 0 Å². The zero-order valence-corrected chi connectivity index (χ0v) is 19.1. The second kappa shape index (κ2) is 8.83. The SMILES string of the molecule is Cc1c(Cl)cccc1NC(=O)CN1C(=O)N(Cc2ccco2)C(=O)C2OC3CCCCC3C21. The average molecular weight is 472 g/mol.